The van der Waals surface area contributed by atoms with Crippen molar-refractivity contribution in [2.45, 2.75) is 39.0 Å². The van der Waals surface area contributed by atoms with Crippen LogP contribution < -0.4 is 5.32 Å². The van der Waals surface area contributed by atoms with Crippen LogP contribution in [0.3, 0.4) is 0 Å². The number of benzene rings is 1. The molecule has 2 aromatic rings. The van der Waals surface area contributed by atoms with E-state index in [0.29, 0.717) is 11.3 Å². The molecular formula is C15H16F3N3O3. The third-order valence-electron chi connectivity index (χ3n) is 2.67. The molecule has 0 saturated carbocycles. The van der Waals surface area contributed by atoms with Crippen LogP contribution in [0.1, 0.15) is 38.0 Å². The quantitative estimate of drug-likeness (QED) is 0.910. The molecule has 2 rings (SSSR count). The van der Waals surface area contributed by atoms with Gasteiger partial charge in [-0.3, -0.25) is 5.32 Å². The number of carbonyl (C=O) groups is 1. The molecule has 0 bridgehead atoms. The third-order valence-corrected chi connectivity index (χ3v) is 2.67. The van der Waals surface area contributed by atoms with Crippen LogP contribution in [0.5, 0.6) is 0 Å². The molecule has 0 atom stereocenters. The predicted molar refractivity (Wildman–Crippen MR) is 78.4 cm³/mol. The predicted octanol–water partition coefficient (Wildman–Crippen LogP) is 4.03. The Morgan fingerprint density at radius 2 is 1.83 bits per heavy atom. The maximum Gasteiger partial charge on any atom is 0.471 e. The summed E-state index contributed by atoms with van der Waals surface area (Å²) in [5.74, 6) is -1.45. The van der Waals surface area contributed by atoms with Crippen molar-refractivity contribution < 1.29 is 27.2 Å². The SMILES string of the molecule is CC(C)(C)OC(=O)Nc1ccc(Cc2noc(C(F)(F)F)n2)cc1. The number of hydrogen-bond donors (Lipinski definition) is 1. The van der Waals surface area contributed by atoms with E-state index in [0.717, 1.165) is 0 Å². The lowest BCUT2D eigenvalue weighted by molar-refractivity contribution is -0.159. The Bertz CT molecular complexity index is 703. The van der Waals surface area contributed by atoms with Gasteiger partial charge < -0.3 is 9.26 Å². The summed E-state index contributed by atoms with van der Waals surface area (Å²) < 4.78 is 46.4. The molecule has 0 fully saturated rings. The number of ether oxygens (including phenoxy) is 1. The first kappa shape index (κ1) is 17.8. The zero-order chi connectivity index (χ0) is 18.0. The van der Waals surface area contributed by atoms with Gasteiger partial charge in [0.25, 0.3) is 0 Å². The smallest absolute Gasteiger partial charge is 0.444 e. The Morgan fingerprint density at radius 3 is 2.33 bits per heavy atom. The fourth-order valence-corrected chi connectivity index (χ4v) is 1.75. The summed E-state index contributed by atoms with van der Waals surface area (Å²) in [6.45, 7) is 5.24. The molecule has 1 N–H and O–H groups in total. The van der Waals surface area contributed by atoms with Gasteiger partial charge in [-0.1, -0.05) is 17.3 Å². The normalized spacial score (nSPS) is 12.1. The molecule has 6 nitrogen and oxygen atoms in total. The van der Waals surface area contributed by atoms with Gasteiger partial charge in [0.15, 0.2) is 5.82 Å². The van der Waals surface area contributed by atoms with Crippen molar-refractivity contribution in [2.75, 3.05) is 5.32 Å². The zero-order valence-electron chi connectivity index (χ0n) is 13.3. The van der Waals surface area contributed by atoms with E-state index < -0.39 is 23.8 Å². The van der Waals surface area contributed by atoms with Crippen molar-refractivity contribution >= 4 is 11.8 Å². The van der Waals surface area contributed by atoms with Crippen LogP contribution in [0.2, 0.25) is 0 Å². The van der Waals surface area contributed by atoms with E-state index in [1.54, 1.807) is 45.0 Å². The molecule has 1 aromatic carbocycles. The molecule has 9 heteroatoms. The second-order valence-electron chi connectivity index (χ2n) is 6.01. The van der Waals surface area contributed by atoms with Crippen LogP contribution in [0.4, 0.5) is 23.7 Å². The highest BCUT2D eigenvalue weighted by atomic mass is 19.4. The highest BCUT2D eigenvalue weighted by Crippen LogP contribution is 2.27. The number of nitrogens with one attached hydrogen (secondary N) is 1. The van der Waals surface area contributed by atoms with Crippen molar-refractivity contribution in [3.8, 4) is 0 Å². The summed E-state index contributed by atoms with van der Waals surface area (Å²) in [6.07, 6.45) is -5.18. The lowest BCUT2D eigenvalue weighted by Crippen LogP contribution is -2.27. The first-order valence-corrected chi connectivity index (χ1v) is 7.02. The first-order chi connectivity index (χ1) is 11.0. The molecule has 1 heterocycles. The Kier molecular flexibility index (Phi) is 4.81. The van der Waals surface area contributed by atoms with Crippen molar-refractivity contribution in [3.05, 3.63) is 41.5 Å². The summed E-state index contributed by atoms with van der Waals surface area (Å²) in [5.41, 5.74) is 0.551. The summed E-state index contributed by atoms with van der Waals surface area (Å²) in [6, 6.07) is 6.47. The monoisotopic (exact) mass is 343 g/mol. The summed E-state index contributed by atoms with van der Waals surface area (Å²) in [4.78, 5) is 14.9. The number of alkyl halides is 3. The number of nitrogens with zero attached hydrogens (tertiary/aromatic N) is 2. The number of hydrogen-bond acceptors (Lipinski definition) is 5. The van der Waals surface area contributed by atoms with Gasteiger partial charge in [-0.05, 0) is 38.5 Å². The van der Waals surface area contributed by atoms with Crippen LogP contribution >= 0.6 is 0 Å². The molecular weight excluding hydrogens is 327 g/mol. The molecule has 0 saturated heterocycles. The van der Waals surface area contributed by atoms with Gasteiger partial charge in [-0.15, -0.1) is 0 Å². The van der Waals surface area contributed by atoms with Crippen LogP contribution in [0, 0.1) is 0 Å². The van der Waals surface area contributed by atoms with Crippen molar-refractivity contribution in [1.82, 2.24) is 10.1 Å². The molecule has 0 spiro atoms. The van der Waals surface area contributed by atoms with Gasteiger partial charge in [0.2, 0.25) is 0 Å². The average molecular weight is 343 g/mol. The van der Waals surface area contributed by atoms with Crippen molar-refractivity contribution in [3.63, 3.8) is 0 Å². The number of amides is 1. The minimum absolute atomic E-state index is 0.0739. The van der Waals surface area contributed by atoms with E-state index in [9.17, 15) is 18.0 Å². The van der Waals surface area contributed by atoms with Crippen LogP contribution in [0.15, 0.2) is 28.8 Å². The summed E-state index contributed by atoms with van der Waals surface area (Å²) >= 11 is 0. The number of carbonyl (C=O) groups excluding carboxylic acids is 1. The fourth-order valence-electron chi connectivity index (χ4n) is 1.75. The van der Waals surface area contributed by atoms with Crippen LogP contribution in [-0.2, 0) is 17.3 Å². The molecule has 0 radical (unpaired) electrons. The molecule has 130 valence electrons. The van der Waals surface area contributed by atoms with Gasteiger partial charge in [0.05, 0.1) is 0 Å². The maximum atomic E-state index is 12.4. The van der Waals surface area contributed by atoms with Gasteiger partial charge in [0, 0.05) is 12.1 Å². The molecule has 1 aromatic heterocycles. The van der Waals surface area contributed by atoms with Crippen molar-refractivity contribution in [2.24, 2.45) is 0 Å². The third kappa shape index (κ3) is 5.25. The van der Waals surface area contributed by atoms with Gasteiger partial charge in [-0.25, -0.2) is 4.79 Å². The first-order valence-electron chi connectivity index (χ1n) is 7.02. The van der Waals surface area contributed by atoms with E-state index >= 15 is 0 Å². The minimum atomic E-state index is -4.66. The highest BCUT2D eigenvalue weighted by Gasteiger charge is 2.38. The average Bonchev–Trinajstić information content (AvgIpc) is 2.87. The number of halogens is 3. The topological polar surface area (TPSA) is 77.2 Å². The van der Waals surface area contributed by atoms with E-state index in [-0.39, 0.29) is 12.2 Å². The zero-order valence-corrected chi connectivity index (χ0v) is 13.3. The van der Waals surface area contributed by atoms with E-state index in [4.69, 9.17) is 4.74 Å². The van der Waals surface area contributed by atoms with Gasteiger partial charge in [-0.2, -0.15) is 18.2 Å². The van der Waals surface area contributed by atoms with E-state index in [1.807, 2.05) is 0 Å². The summed E-state index contributed by atoms with van der Waals surface area (Å²) in [5, 5.41) is 5.85. The van der Waals surface area contributed by atoms with Crippen molar-refractivity contribution in [1.29, 1.82) is 0 Å². The molecule has 0 aliphatic carbocycles. The Balaban J connectivity index is 1.97. The largest absolute Gasteiger partial charge is 0.471 e. The lowest BCUT2D eigenvalue weighted by Gasteiger charge is -2.19. The lowest BCUT2D eigenvalue weighted by atomic mass is 10.1. The molecule has 0 aliphatic rings. The van der Waals surface area contributed by atoms with E-state index in [1.165, 1.54) is 0 Å². The fraction of sp³-hybridized carbons (Fsp3) is 0.400. The number of aromatic nitrogens is 2. The number of rotatable bonds is 3. The minimum Gasteiger partial charge on any atom is -0.444 e. The molecule has 0 unspecified atom stereocenters. The number of anilines is 1. The van der Waals surface area contributed by atoms with Crippen LogP contribution in [-0.4, -0.2) is 21.8 Å². The Labute approximate surface area is 136 Å². The Hall–Kier alpha value is -2.58. The second kappa shape index (κ2) is 6.50. The molecule has 0 aliphatic heterocycles. The van der Waals surface area contributed by atoms with Gasteiger partial charge in [0.1, 0.15) is 5.60 Å². The van der Waals surface area contributed by atoms with E-state index in [2.05, 4.69) is 20.0 Å². The van der Waals surface area contributed by atoms with Crippen LogP contribution in [0.25, 0.3) is 0 Å². The second-order valence-corrected chi connectivity index (χ2v) is 6.01. The standard InChI is InChI=1S/C15H16F3N3O3/c1-14(2,3)23-13(22)19-10-6-4-9(5-7-10)8-11-20-12(24-21-11)15(16,17)18/h4-7H,8H2,1-3H3,(H,19,22). The molecule has 1 amide bonds. The van der Waals surface area contributed by atoms with Gasteiger partial charge >= 0.3 is 18.2 Å². The molecule has 24 heavy (non-hydrogen) atoms. The summed E-state index contributed by atoms with van der Waals surface area (Å²) in [7, 11) is 0. The maximum absolute atomic E-state index is 12.4. The Morgan fingerprint density at radius 1 is 1.21 bits per heavy atom. The highest BCUT2D eigenvalue weighted by molar-refractivity contribution is 5.84.